The van der Waals surface area contributed by atoms with Crippen LogP contribution >= 0.6 is 0 Å². The molecule has 0 aromatic rings. The molecule has 0 amide bonds. The summed E-state index contributed by atoms with van der Waals surface area (Å²) in [5.41, 5.74) is -1.77. The molecule has 0 aromatic carbocycles. The number of ether oxygens (including phenoxy) is 4. The van der Waals surface area contributed by atoms with Gasteiger partial charge in [-0.1, -0.05) is 41.5 Å². The fourth-order valence-corrected chi connectivity index (χ4v) is 5.36. The Morgan fingerprint density at radius 3 is 1.69 bits per heavy atom. The van der Waals surface area contributed by atoms with Gasteiger partial charge >= 0.3 is 17.9 Å². The van der Waals surface area contributed by atoms with Crippen LogP contribution in [0, 0.1) is 22.7 Å². The lowest BCUT2D eigenvalue weighted by atomic mass is 9.71. The molecule has 7 N–H and O–H groups in total. The van der Waals surface area contributed by atoms with E-state index in [0.717, 1.165) is 0 Å². The predicted octanol–water partition coefficient (Wildman–Crippen LogP) is -1.96. The number of hydrogen-bond acceptors (Lipinski definition) is 13. The van der Waals surface area contributed by atoms with Gasteiger partial charge in [0.05, 0.1) is 24.2 Å². The van der Waals surface area contributed by atoms with Crippen LogP contribution in [-0.2, 0) is 42.9 Å². The number of carbonyl (C=O) groups is 5. The molecule has 2 saturated heterocycles. The number of aliphatic hydroxyl groups excluding tert-OH is 4. The van der Waals surface area contributed by atoms with Crippen molar-refractivity contribution in [3.63, 3.8) is 0 Å². The Hall–Kier alpha value is -2.57. The molecule has 0 aliphatic carbocycles. The molecular formula is C26H40O16. The van der Waals surface area contributed by atoms with Crippen LogP contribution in [0.15, 0.2) is 0 Å². The largest absolute Gasteiger partial charge is 0.479 e. The van der Waals surface area contributed by atoms with Crippen molar-refractivity contribution >= 4 is 30.5 Å². The summed E-state index contributed by atoms with van der Waals surface area (Å²) in [5, 5.41) is 72.0. The van der Waals surface area contributed by atoms with Gasteiger partial charge in [0.25, 0.3) is 0 Å². The Morgan fingerprint density at radius 2 is 1.29 bits per heavy atom. The van der Waals surface area contributed by atoms with Crippen LogP contribution in [0.5, 0.6) is 0 Å². The fraction of sp³-hybridized carbons (Fsp3) is 0.808. The Morgan fingerprint density at radius 1 is 0.738 bits per heavy atom. The number of rotatable bonds is 11. The van der Waals surface area contributed by atoms with Crippen LogP contribution in [0.4, 0.5) is 0 Å². The molecule has 0 radical (unpaired) electrons. The van der Waals surface area contributed by atoms with Crippen molar-refractivity contribution in [1.29, 1.82) is 0 Å². The maximum Gasteiger partial charge on any atom is 0.336 e. The van der Waals surface area contributed by atoms with E-state index >= 15 is 0 Å². The monoisotopic (exact) mass is 608 g/mol. The SMILES string of the molecule is CC(C)(C)[C@H]1C(C(=O)O)O[C@H](OC(C=O)C(OC(C=O)[C@H]2C(C(=O)O)O[C@H](C(C)(C)C)[C@H](O)C2O)C(=O)O)[C@H](O)C1O. The van der Waals surface area contributed by atoms with Crippen LogP contribution in [0.2, 0.25) is 0 Å². The van der Waals surface area contributed by atoms with E-state index in [-0.39, 0.29) is 12.6 Å². The first-order chi connectivity index (χ1) is 19.2. The summed E-state index contributed by atoms with van der Waals surface area (Å²) in [6.07, 6.45) is -21.3. The summed E-state index contributed by atoms with van der Waals surface area (Å²) in [4.78, 5) is 60.1. The Bertz CT molecular complexity index is 1000. The lowest BCUT2D eigenvalue weighted by Crippen LogP contribution is -2.64. The highest BCUT2D eigenvalue weighted by Crippen LogP contribution is 2.40. The molecule has 16 nitrogen and oxygen atoms in total. The van der Waals surface area contributed by atoms with E-state index in [9.17, 15) is 59.7 Å². The van der Waals surface area contributed by atoms with E-state index in [0.29, 0.717) is 0 Å². The van der Waals surface area contributed by atoms with Gasteiger partial charge in [-0.2, -0.15) is 0 Å². The highest BCUT2D eigenvalue weighted by atomic mass is 16.7. The van der Waals surface area contributed by atoms with Crippen LogP contribution < -0.4 is 0 Å². The van der Waals surface area contributed by atoms with Gasteiger partial charge in [0.1, 0.15) is 24.6 Å². The van der Waals surface area contributed by atoms with Gasteiger partial charge in [-0.15, -0.1) is 0 Å². The minimum Gasteiger partial charge on any atom is -0.479 e. The third kappa shape index (κ3) is 7.49. The van der Waals surface area contributed by atoms with E-state index in [4.69, 9.17) is 18.9 Å². The zero-order valence-electron chi connectivity index (χ0n) is 24.0. The van der Waals surface area contributed by atoms with Crippen molar-refractivity contribution in [2.45, 2.75) is 109 Å². The van der Waals surface area contributed by atoms with Gasteiger partial charge < -0.3 is 64.3 Å². The number of hydrogen-bond donors (Lipinski definition) is 7. The summed E-state index contributed by atoms with van der Waals surface area (Å²) >= 11 is 0. The Labute approximate surface area is 241 Å². The lowest BCUT2D eigenvalue weighted by molar-refractivity contribution is -0.308. The quantitative estimate of drug-likeness (QED) is 0.125. The van der Waals surface area contributed by atoms with Gasteiger partial charge in [-0.05, 0) is 10.8 Å². The van der Waals surface area contributed by atoms with Gasteiger partial charge in [-0.3, -0.25) is 0 Å². The van der Waals surface area contributed by atoms with Crippen LogP contribution in [-0.4, -0.2) is 134 Å². The third-order valence-electron chi connectivity index (χ3n) is 7.43. The van der Waals surface area contributed by atoms with Crippen molar-refractivity contribution in [2.24, 2.45) is 22.7 Å². The molecule has 13 atom stereocenters. The molecule has 240 valence electrons. The van der Waals surface area contributed by atoms with Gasteiger partial charge in [-0.25, -0.2) is 14.4 Å². The molecule has 7 unspecified atom stereocenters. The average molecular weight is 609 g/mol. The van der Waals surface area contributed by atoms with Gasteiger partial charge in [0.2, 0.25) is 0 Å². The molecule has 2 fully saturated rings. The Balaban J connectivity index is 2.38. The standard InChI is InChI=1S/C26H40O16/c1-25(2,3)12-14(30)16(32)24(42-19(12)23(37)38)40-10(8-28)17(21(33)34)39-9(7-27)11-13(29)15(31)20(26(4,5)6)41-18(11)22(35)36/h7-20,24,29-32H,1-6H3,(H,33,34)(H,35,36)(H,37,38)/t9?,10?,11-,12-,13?,14?,15-,16-,17?,18?,19?,20+,24+/m1/s1. The number of aliphatic carboxylic acids is 3. The van der Waals surface area contributed by atoms with Crippen LogP contribution in [0.3, 0.4) is 0 Å². The van der Waals surface area contributed by atoms with Crippen LogP contribution in [0.1, 0.15) is 41.5 Å². The number of carboxylic acids is 3. The van der Waals surface area contributed by atoms with E-state index in [1.165, 1.54) is 0 Å². The first-order valence-corrected chi connectivity index (χ1v) is 13.1. The number of carbonyl (C=O) groups excluding carboxylic acids is 2. The summed E-state index contributed by atoms with van der Waals surface area (Å²) in [6.45, 7) is 9.57. The zero-order chi connectivity index (χ0) is 32.5. The smallest absolute Gasteiger partial charge is 0.336 e. The summed E-state index contributed by atoms with van der Waals surface area (Å²) in [5.74, 6) is -8.13. The minimum absolute atomic E-state index is 0.0424. The number of aldehydes is 2. The van der Waals surface area contributed by atoms with Crippen molar-refractivity contribution in [1.82, 2.24) is 0 Å². The predicted molar refractivity (Wildman–Crippen MR) is 136 cm³/mol. The molecule has 0 bridgehead atoms. The first-order valence-electron chi connectivity index (χ1n) is 13.1. The molecule has 42 heavy (non-hydrogen) atoms. The van der Waals surface area contributed by atoms with Gasteiger partial charge in [0.15, 0.2) is 37.0 Å². The number of carboxylic acid groups (broad SMARTS) is 3. The second-order valence-electron chi connectivity index (χ2n) is 12.6. The van der Waals surface area contributed by atoms with Crippen molar-refractivity contribution < 1.29 is 78.7 Å². The molecule has 16 heteroatoms. The van der Waals surface area contributed by atoms with E-state index < -0.39 is 108 Å². The maximum absolute atomic E-state index is 12.1. The molecule has 0 aromatic heterocycles. The molecule has 2 heterocycles. The third-order valence-corrected chi connectivity index (χ3v) is 7.43. The second-order valence-corrected chi connectivity index (χ2v) is 12.6. The molecule has 0 saturated carbocycles. The summed E-state index contributed by atoms with van der Waals surface area (Å²) in [7, 11) is 0. The number of aliphatic hydroxyl groups is 4. The highest BCUT2D eigenvalue weighted by Gasteiger charge is 2.56. The van der Waals surface area contributed by atoms with Gasteiger partial charge in [0, 0.05) is 5.92 Å². The second kappa shape index (κ2) is 13.4. The molecule has 2 aliphatic rings. The highest BCUT2D eigenvalue weighted by molar-refractivity contribution is 5.79. The van der Waals surface area contributed by atoms with Crippen molar-refractivity contribution in [3.05, 3.63) is 0 Å². The first kappa shape index (κ1) is 35.6. The van der Waals surface area contributed by atoms with Crippen molar-refractivity contribution in [2.75, 3.05) is 0 Å². The summed E-state index contributed by atoms with van der Waals surface area (Å²) in [6, 6.07) is 0. The van der Waals surface area contributed by atoms with Crippen molar-refractivity contribution in [3.8, 4) is 0 Å². The molecular weight excluding hydrogens is 568 g/mol. The van der Waals surface area contributed by atoms with E-state index in [1.54, 1.807) is 41.5 Å². The average Bonchev–Trinajstić information content (AvgIpc) is 2.85. The molecule has 2 rings (SSSR count). The fourth-order valence-electron chi connectivity index (χ4n) is 5.36. The Kier molecular flexibility index (Phi) is 11.4. The van der Waals surface area contributed by atoms with E-state index in [1.807, 2.05) is 0 Å². The zero-order valence-corrected chi connectivity index (χ0v) is 24.0. The van der Waals surface area contributed by atoms with E-state index in [2.05, 4.69) is 0 Å². The summed E-state index contributed by atoms with van der Waals surface area (Å²) < 4.78 is 21.4. The topological polar surface area (TPSA) is 264 Å². The maximum atomic E-state index is 12.1. The molecule has 0 spiro atoms. The lowest BCUT2D eigenvalue weighted by Gasteiger charge is -2.48. The normalized spacial score (nSPS) is 36.3. The van der Waals surface area contributed by atoms with Crippen LogP contribution in [0.25, 0.3) is 0 Å². The minimum atomic E-state index is -2.41. The molecule has 2 aliphatic heterocycles.